The third-order valence-electron chi connectivity index (χ3n) is 4.90. The van der Waals surface area contributed by atoms with Crippen LogP contribution in [0.15, 0.2) is 48.8 Å². The second-order valence-electron chi connectivity index (χ2n) is 7.05. The topological polar surface area (TPSA) is 122 Å². The standard InChI is InChI=1S/C19H13F3N8O2/c20-19(21,22)8-29-27-16(26-28-29)11-3-1-10(2-4-11)15-17(31)25-18(32)30(15)12-5-6-13-14(7-12)24-9-23-13/h1-7,9,15H,8H2,(H,23,24)(H,25,31,32). The molecule has 2 aromatic heterocycles. The first kappa shape index (κ1) is 19.7. The van der Waals surface area contributed by atoms with E-state index < -0.39 is 30.7 Å². The van der Waals surface area contributed by atoms with Gasteiger partial charge in [-0.3, -0.25) is 15.0 Å². The Balaban J connectivity index is 1.44. The van der Waals surface area contributed by atoms with E-state index in [4.69, 9.17) is 0 Å². The summed E-state index contributed by atoms with van der Waals surface area (Å²) in [6.45, 7) is -1.35. The Morgan fingerprint density at radius 3 is 2.59 bits per heavy atom. The summed E-state index contributed by atoms with van der Waals surface area (Å²) in [6, 6.07) is 9.91. The Kier molecular flexibility index (Phi) is 4.39. The van der Waals surface area contributed by atoms with Gasteiger partial charge in [-0.15, -0.1) is 10.2 Å². The van der Waals surface area contributed by atoms with Crippen molar-refractivity contribution in [3.63, 3.8) is 0 Å². The minimum atomic E-state index is -4.47. The number of anilines is 1. The molecule has 1 atom stereocenters. The summed E-state index contributed by atoms with van der Waals surface area (Å²) in [5, 5.41) is 13.1. The number of hydrogen-bond acceptors (Lipinski definition) is 6. The van der Waals surface area contributed by atoms with Gasteiger partial charge in [-0.25, -0.2) is 9.78 Å². The number of carbonyl (C=O) groups excluding carboxylic acids is 2. The third kappa shape index (κ3) is 3.53. The normalized spacial score (nSPS) is 16.7. The van der Waals surface area contributed by atoms with E-state index in [1.807, 2.05) is 0 Å². The maximum absolute atomic E-state index is 12.5. The fourth-order valence-corrected chi connectivity index (χ4v) is 3.51. The number of aromatic nitrogens is 6. The van der Waals surface area contributed by atoms with E-state index in [0.717, 1.165) is 0 Å². The number of carbonyl (C=O) groups is 2. The summed E-state index contributed by atoms with van der Waals surface area (Å²) in [5.41, 5.74) is 2.83. The van der Waals surface area contributed by atoms with Gasteiger partial charge in [0, 0.05) is 11.3 Å². The van der Waals surface area contributed by atoms with Crippen molar-refractivity contribution < 1.29 is 22.8 Å². The molecular formula is C19H13F3N8O2. The Hall–Kier alpha value is -4.29. The number of H-pyrrole nitrogens is 1. The SMILES string of the molecule is O=C1NC(=O)N(c2ccc3nc[nH]c3c2)C1c1ccc(-c2nnn(CC(F)(F)F)n2)cc1. The molecule has 0 spiro atoms. The zero-order chi connectivity index (χ0) is 22.5. The van der Waals surface area contributed by atoms with Crippen LogP contribution < -0.4 is 10.2 Å². The lowest BCUT2D eigenvalue weighted by atomic mass is 10.0. The van der Waals surface area contributed by atoms with Crippen molar-refractivity contribution in [2.24, 2.45) is 0 Å². The molecule has 1 unspecified atom stereocenters. The highest BCUT2D eigenvalue weighted by atomic mass is 19.4. The molecule has 10 nitrogen and oxygen atoms in total. The lowest BCUT2D eigenvalue weighted by molar-refractivity contribution is -0.145. The largest absolute Gasteiger partial charge is 0.409 e. The molecule has 13 heteroatoms. The van der Waals surface area contributed by atoms with Crippen molar-refractivity contribution in [3.8, 4) is 11.4 Å². The number of urea groups is 1. The molecule has 1 saturated heterocycles. The number of hydrogen-bond donors (Lipinski definition) is 2. The highest BCUT2D eigenvalue weighted by Crippen LogP contribution is 2.33. The molecular weight excluding hydrogens is 429 g/mol. The summed E-state index contributed by atoms with van der Waals surface area (Å²) < 4.78 is 37.5. The number of imidazole rings is 1. The second-order valence-corrected chi connectivity index (χ2v) is 7.05. The van der Waals surface area contributed by atoms with E-state index in [-0.39, 0.29) is 5.82 Å². The highest BCUT2D eigenvalue weighted by Gasteiger charge is 2.40. The first-order chi connectivity index (χ1) is 15.3. The van der Waals surface area contributed by atoms with Gasteiger partial charge in [0.2, 0.25) is 5.82 Å². The number of benzene rings is 2. The number of rotatable bonds is 4. The predicted octanol–water partition coefficient (Wildman–Crippen LogP) is 2.58. The molecule has 3 heterocycles. The summed E-state index contributed by atoms with van der Waals surface area (Å²) in [7, 11) is 0. The van der Waals surface area contributed by atoms with E-state index in [1.165, 1.54) is 11.2 Å². The van der Waals surface area contributed by atoms with Crippen LogP contribution in [-0.4, -0.2) is 48.3 Å². The van der Waals surface area contributed by atoms with Gasteiger partial charge >= 0.3 is 12.2 Å². The fourth-order valence-electron chi connectivity index (χ4n) is 3.51. The number of fused-ring (bicyclic) bond motifs is 1. The molecule has 3 amide bonds. The van der Waals surface area contributed by atoms with Crippen molar-refractivity contribution in [1.29, 1.82) is 0 Å². The number of amides is 3. The monoisotopic (exact) mass is 442 g/mol. The summed E-state index contributed by atoms with van der Waals surface area (Å²) in [6.07, 6.45) is -2.94. The van der Waals surface area contributed by atoms with Crippen LogP contribution in [0.5, 0.6) is 0 Å². The van der Waals surface area contributed by atoms with Crippen LogP contribution in [0, 0.1) is 0 Å². The molecule has 2 N–H and O–H groups in total. The lowest BCUT2D eigenvalue weighted by Crippen LogP contribution is -2.29. The average Bonchev–Trinajstić information content (AvgIpc) is 3.45. The Morgan fingerprint density at radius 1 is 1.06 bits per heavy atom. The molecule has 2 aromatic carbocycles. The maximum atomic E-state index is 12.5. The smallest absolute Gasteiger partial charge is 0.345 e. The van der Waals surface area contributed by atoms with Gasteiger partial charge in [-0.1, -0.05) is 24.3 Å². The number of aromatic amines is 1. The number of halogens is 3. The van der Waals surface area contributed by atoms with Crippen molar-refractivity contribution in [2.45, 2.75) is 18.8 Å². The minimum absolute atomic E-state index is 0.00861. The Bertz CT molecular complexity index is 1330. The van der Waals surface area contributed by atoms with Crippen molar-refractivity contribution >= 4 is 28.7 Å². The Labute approximate surface area is 177 Å². The van der Waals surface area contributed by atoms with Crippen molar-refractivity contribution in [3.05, 3.63) is 54.4 Å². The van der Waals surface area contributed by atoms with E-state index in [9.17, 15) is 22.8 Å². The molecule has 0 saturated carbocycles. The minimum Gasteiger partial charge on any atom is -0.345 e. The molecule has 162 valence electrons. The van der Waals surface area contributed by atoms with Gasteiger partial charge < -0.3 is 4.98 Å². The molecule has 0 bridgehead atoms. The average molecular weight is 442 g/mol. The number of nitrogens with zero attached hydrogens (tertiary/aromatic N) is 6. The first-order valence-corrected chi connectivity index (χ1v) is 9.30. The zero-order valence-electron chi connectivity index (χ0n) is 16.0. The fraction of sp³-hybridized carbons (Fsp3) is 0.158. The molecule has 32 heavy (non-hydrogen) atoms. The van der Waals surface area contributed by atoms with Crippen LogP contribution in [0.25, 0.3) is 22.4 Å². The summed E-state index contributed by atoms with van der Waals surface area (Å²) >= 11 is 0. The van der Waals surface area contributed by atoms with Crippen LogP contribution in [0.1, 0.15) is 11.6 Å². The van der Waals surface area contributed by atoms with E-state index >= 15 is 0 Å². The molecule has 1 aliphatic heterocycles. The van der Waals surface area contributed by atoms with Crippen LogP contribution in [-0.2, 0) is 11.3 Å². The van der Waals surface area contributed by atoms with Gasteiger partial charge in [0.1, 0.15) is 6.04 Å². The van der Waals surface area contributed by atoms with Gasteiger partial charge in [0.25, 0.3) is 5.91 Å². The van der Waals surface area contributed by atoms with Gasteiger partial charge in [0.15, 0.2) is 6.54 Å². The summed E-state index contributed by atoms with van der Waals surface area (Å²) in [4.78, 5) is 33.9. The second kappa shape index (κ2) is 7.14. The molecule has 4 aromatic rings. The molecule has 5 rings (SSSR count). The third-order valence-corrected chi connectivity index (χ3v) is 4.90. The van der Waals surface area contributed by atoms with Crippen LogP contribution in [0.3, 0.4) is 0 Å². The predicted molar refractivity (Wildman–Crippen MR) is 104 cm³/mol. The van der Waals surface area contributed by atoms with Gasteiger partial charge in [0.05, 0.1) is 17.4 Å². The number of nitrogens with one attached hydrogen (secondary N) is 2. The molecule has 1 aliphatic rings. The van der Waals surface area contributed by atoms with Gasteiger partial charge in [-0.05, 0) is 29.0 Å². The van der Waals surface area contributed by atoms with E-state index in [1.54, 1.807) is 42.5 Å². The van der Waals surface area contributed by atoms with Gasteiger partial charge in [-0.2, -0.15) is 18.0 Å². The van der Waals surface area contributed by atoms with Crippen LogP contribution in [0.4, 0.5) is 23.7 Å². The lowest BCUT2D eigenvalue weighted by Gasteiger charge is -2.22. The van der Waals surface area contributed by atoms with Crippen molar-refractivity contribution in [1.82, 2.24) is 35.5 Å². The van der Waals surface area contributed by atoms with Crippen LogP contribution in [0.2, 0.25) is 0 Å². The maximum Gasteiger partial charge on any atom is 0.409 e. The van der Waals surface area contributed by atoms with E-state index in [2.05, 4.69) is 30.7 Å². The first-order valence-electron chi connectivity index (χ1n) is 9.30. The number of alkyl halides is 3. The highest BCUT2D eigenvalue weighted by molar-refractivity contribution is 6.14. The van der Waals surface area contributed by atoms with Crippen molar-refractivity contribution in [2.75, 3.05) is 4.90 Å². The van der Waals surface area contributed by atoms with E-state index in [0.29, 0.717) is 32.6 Å². The summed E-state index contributed by atoms with van der Waals surface area (Å²) in [5.74, 6) is -0.490. The molecule has 0 aliphatic carbocycles. The zero-order valence-corrected chi connectivity index (χ0v) is 16.0. The number of imide groups is 1. The quantitative estimate of drug-likeness (QED) is 0.469. The van der Waals surface area contributed by atoms with Crippen LogP contribution >= 0.6 is 0 Å². The molecule has 1 fully saturated rings. The number of tetrazole rings is 1. The Morgan fingerprint density at radius 2 is 1.84 bits per heavy atom. The molecule has 0 radical (unpaired) electrons.